The highest BCUT2D eigenvalue weighted by Gasteiger charge is 2.34. The van der Waals surface area contributed by atoms with Gasteiger partial charge in [0.25, 0.3) is 0 Å². The molecule has 0 radical (unpaired) electrons. The van der Waals surface area contributed by atoms with Gasteiger partial charge in [0.2, 0.25) is 0 Å². The molecular formula is C33H51NO3. The Morgan fingerprint density at radius 3 is 1.03 bits per heavy atom. The molecule has 0 saturated heterocycles. The van der Waals surface area contributed by atoms with Crippen LogP contribution in [0.5, 0.6) is 11.5 Å². The molecule has 2 rings (SSSR count). The van der Waals surface area contributed by atoms with Crippen LogP contribution >= 0.6 is 0 Å². The summed E-state index contributed by atoms with van der Waals surface area (Å²) in [6.07, 6.45) is 0.865. The molecule has 2 aromatic rings. The van der Waals surface area contributed by atoms with Crippen LogP contribution in [0.25, 0.3) is 0 Å². The Morgan fingerprint density at radius 2 is 0.838 bits per heavy atom. The van der Waals surface area contributed by atoms with Crippen molar-refractivity contribution in [1.29, 1.82) is 0 Å². The quantitative estimate of drug-likeness (QED) is 0.288. The highest BCUT2D eigenvalue weighted by molar-refractivity contribution is 5.57. The van der Waals surface area contributed by atoms with E-state index in [1.165, 1.54) is 16.4 Å². The molecule has 206 valence electrons. The van der Waals surface area contributed by atoms with Gasteiger partial charge in [-0.2, -0.15) is 0 Å². The van der Waals surface area contributed by atoms with Crippen LogP contribution in [0.2, 0.25) is 0 Å². The number of hydrogen-bond acceptors (Lipinski definition) is 4. The molecule has 0 saturated carbocycles. The van der Waals surface area contributed by atoms with Gasteiger partial charge in [-0.1, -0.05) is 118 Å². The van der Waals surface area contributed by atoms with Crippen molar-refractivity contribution in [3.8, 4) is 11.5 Å². The van der Waals surface area contributed by atoms with Gasteiger partial charge in [-0.3, -0.25) is 0 Å². The lowest BCUT2D eigenvalue weighted by atomic mass is 9.78. The maximum Gasteiger partial charge on any atom is 0.159 e. The molecule has 2 aromatic carbocycles. The number of hydrogen-bond donors (Lipinski definition) is 0. The summed E-state index contributed by atoms with van der Waals surface area (Å²) < 4.78 is 0. The molecule has 0 N–H and O–H groups in total. The van der Waals surface area contributed by atoms with Gasteiger partial charge in [0.15, 0.2) is 11.5 Å². The van der Waals surface area contributed by atoms with E-state index in [2.05, 4.69) is 121 Å². The number of carbonyl (C=O) groups excluding carboxylic acids is 1. The number of nitrogens with zero attached hydrogens (tertiary/aromatic N) is 1. The van der Waals surface area contributed by atoms with Gasteiger partial charge in [-0.25, -0.2) is 0 Å². The molecule has 0 fully saturated rings. The maximum atomic E-state index is 12.2. The zero-order valence-electron chi connectivity index (χ0n) is 26.1. The Morgan fingerprint density at radius 1 is 0.595 bits per heavy atom. The molecule has 0 aliphatic rings. The monoisotopic (exact) mass is 509 g/mol. The third-order valence-corrected chi connectivity index (χ3v) is 6.59. The molecule has 37 heavy (non-hydrogen) atoms. The zero-order valence-corrected chi connectivity index (χ0v) is 26.1. The standard InChI is InChI=1S/C33H51NO3/c1-21-16-24(30(4,5)6)28(25(17-21)31(7,8)9)36-34(23(3)20-35)37-29-26(32(10,11)12)18-22(2)19-27(29)33(13,14)15/h16-20,23H,1-15H3. The number of carbonyl (C=O) groups is 1. The summed E-state index contributed by atoms with van der Waals surface area (Å²) in [4.78, 5) is 25.5. The number of aldehydes is 1. The molecule has 0 aliphatic heterocycles. The molecule has 0 aliphatic carbocycles. The Hall–Kier alpha value is -2.33. The summed E-state index contributed by atoms with van der Waals surface area (Å²) >= 11 is 0. The van der Waals surface area contributed by atoms with Crippen molar-refractivity contribution in [3.63, 3.8) is 0 Å². The summed E-state index contributed by atoms with van der Waals surface area (Å²) in [5, 5.41) is 1.40. The van der Waals surface area contributed by atoms with Gasteiger partial charge < -0.3 is 14.5 Å². The van der Waals surface area contributed by atoms with Crippen molar-refractivity contribution in [2.45, 2.75) is 132 Å². The largest absolute Gasteiger partial charge is 0.370 e. The lowest BCUT2D eigenvalue weighted by molar-refractivity contribution is -0.273. The topological polar surface area (TPSA) is 38.8 Å². The van der Waals surface area contributed by atoms with Gasteiger partial charge in [0.05, 0.1) is 0 Å². The molecular weight excluding hydrogens is 458 g/mol. The molecule has 0 amide bonds. The van der Waals surface area contributed by atoms with Gasteiger partial charge in [-0.05, 0) is 42.4 Å². The number of hydroxylamine groups is 2. The summed E-state index contributed by atoms with van der Waals surface area (Å²) in [6.45, 7) is 32.3. The average molecular weight is 510 g/mol. The van der Waals surface area contributed by atoms with Crippen molar-refractivity contribution in [2.75, 3.05) is 0 Å². The second-order valence-electron chi connectivity index (χ2n) is 14.7. The predicted octanol–water partition coefficient (Wildman–Crippen LogP) is 8.67. The Labute approximate surface area is 226 Å². The van der Waals surface area contributed by atoms with E-state index < -0.39 is 6.04 Å². The van der Waals surface area contributed by atoms with Gasteiger partial charge in [-0.15, -0.1) is 0 Å². The minimum atomic E-state index is -0.635. The van der Waals surface area contributed by atoms with Crippen molar-refractivity contribution >= 4 is 6.29 Å². The molecule has 4 heteroatoms. The van der Waals surface area contributed by atoms with E-state index >= 15 is 0 Å². The molecule has 0 aromatic heterocycles. The van der Waals surface area contributed by atoms with E-state index in [1.807, 2.05) is 0 Å². The number of rotatable bonds is 6. The fraction of sp³-hybridized carbons (Fsp3) is 0.606. The second kappa shape index (κ2) is 10.4. The van der Waals surface area contributed by atoms with Crippen LogP contribution in [0.4, 0.5) is 0 Å². The van der Waals surface area contributed by atoms with E-state index in [1.54, 1.807) is 6.92 Å². The van der Waals surface area contributed by atoms with Crippen LogP contribution in [-0.2, 0) is 26.5 Å². The molecule has 1 atom stereocenters. The normalized spacial score (nSPS) is 14.1. The number of aryl methyl sites for hydroxylation is 2. The predicted molar refractivity (Wildman–Crippen MR) is 156 cm³/mol. The van der Waals surface area contributed by atoms with Gasteiger partial charge in [0.1, 0.15) is 12.3 Å². The van der Waals surface area contributed by atoms with E-state index in [-0.39, 0.29) is 21.7 Å². The first-order valence-corrected chi connectivity index (χ1v) is 13.5. The lowest BCUT2D eigenvalue weighted by Gasteiger charge is -2.36. The molecule has 0 heterocycles. The van der Waals surface area contributed by atoms with Crippen LogP contribution in [0.3, 0.4) is 0 Å². The fourth-order valence-corrected chi connectivity index (χ4v) is 4.39. The second-order valence-corrected chi connectivity index (χ2v) is 14.7. The summed E-state index contributed by atoms with van der Waals surface area (Å²) in [7, 11) is 0. The molecule has 4 nitrogen and oxygen atoms in total. The third-order valence-electron chi connectivity index (χ3n) is 6.59. The van der Waals surface area contributed by atoms with Crippen molar-refractivity contribution < 1.29 is 14.5 Å². The number of benzene rings is 2. The van der Waals surface area contributed by atoms with E-state index in [9.17, 15) is 4.79 Å². The first kappa shape index (κ1) is 30.9. The lowest BCUT2D eigenvalue weighted by Crippen LogP contribution is -2.42. The van der Waals surface area contributed by atoms with Crippen molar-refractivity contribution in [1.82, 2.24) is 5.23 Å². The van der Waals surface area contributed by atoms with Gasteiger partial charge in [0, 0.05) is 27.5 Å². The highest BCUT2D eigenvalue weighted by atomic mass is 17.0. The maximum absolute atomic E-state index is 12.2. The molecule has 0 bridgehead atoms. The zero-order chi connectivity index (χ0) is 28.7. The summed E-state index contributed by atoms with van der Waals surface area (Å²) in [5.41, 5.74) is 6.01. The van der Waals surface area contributed by atoms with Crippen molar-refractivity contribution in [2.24, 2.45) is 0 Å². The minimum Gasteiger partial charge on any atom is -0.370 e. The first-order valence-electron chi connectivity index (χ1n) is 13.5. The molecule has 0 spiro atoms. The summed E-state index contributed by atoms with van der Waals surface area (Å²) in [5.74, 6) is 1.50. The van der Waals surface area contributed by atoms with Crippen LogP contribution in [0.15, 0.2) is 24.3 Å². The fourth-order valence-electron chi connectivity index (χ4n) is 4.39. The van der Waals surface area contributed by atoms with Crippen LogP contribution < -0.4 is 9.68 Å². The van der Waals surface area contributed by atoms with E-state index in [4.69, 9.17) is 9.68 Å². The van der Waals surface area contributed by atoms with E-state index in [0.717, 1.165) is 40.0 Å². The first-order chi connectivity index (χ1) is 16.6. The van der Waals surface area contributed by atoms with Crippen LogP contribution in [-0.4, -0.2) is 17.6 Å². The Bertz CT molecular complexity index is 965. The Kier molecular flexibility index (Phi) is 8.72. The van der Waals surface area contributed by atoms with Gasteiger partial charge >= 0.3 is 0 Å². The van der Waals surface area contributed by atoms with Crippen molar-refractivity contribution in [3.05, 3.63) is 57.6 Å². The van der Waals surface area contributed by atoms with E-state index in [0.29, 0.717) is 0 Å². The molecule has 1 unspecified atom stereocenters. The minimum absolute atomic E-state index is 0.172. The van der Waals surface area contributed by atoms with Crippen LogP contribution in [0.1, 0.15) is 123 Å². The summed E-state index contributed by atoms with van der Waals surface area (Å²) in [6, 6.07) is 8.09. The Balaban J connectivity index is 2.83. The smallest absolute Gasteiger partial charge is 0.159 e. The van der Waals surface area contributed by atoms with Crippen LogP contribution in [0, 0.1) is 13.8 Å². The SMILES string of the molecule is Cc1cc(C(C)(C)C)c(ON(Oc2c(C(C)(C)C)cc(C)cc2C(C)(C)C)C(C)C=O)c(C(C)(C)C)c1. The average Bonchev–Trinajstić information content (AvgIpc) is 2.71. The third kappa shape index (κ3) is 7.37. The highest BCUT2D eigenvalue weighted by Crippen LogP contribution is 2.44.